The summed E-state index contributed by atoms with van der Waals surface area (Å²) in [4.78, 5) is 39.5. The minimum absolute atomic E-state index is 0.124. The van der Waals surface area contributed by atoms with E-state index < -0.39 is 17.9 Å². The monoisotopic (exact) mass is 425 g/mol. The lowest BCUT2D eigenvalue weighted by atomic mass is 9.95. The molecule has 4 rings (SSSR count). The summed E-state index contributed by atoms with van der Waals surface area (Å²) in [6.07, 6.45) is 0. The van der Waals surface area contributed by atoms with Crippen LogP contribution in [0.2, 0.25) is 0 Å². The van der Waals surface area contributed by atoms with Gasteiger partial charge in [-0.25, -0.2) is 4.90 Å². The fraction of sp³-hybridized carbons (Fsp3) is 0.200. The Morgan fingerprint density at radius 2 is 1.56 bits per heavy atom. The molecule has 0 spiro atoms. The molecule has 0 radical (unpaired) electrons. The number of hydrazone groups is 1. The Balaban J connectivity index is 1.79. The number of amides is 2. The summed E-state index contributed by atoms with van der Waals surface area (Å²) in [6, 6.07) is 13.5. The number of benzene rings is 2. The number of ketones is 1. The first kappa shape index (κ1) is 17.6. The number of hydrogen-bond donors (Lipinski definition) is 0. The maximum Gasteiger partial charge on any atom is 0.259 e. The molecule has 0 N–H and O–H groups in total. The van der Waals surface area contributed by atoms with Gasteiger partial charge >= 0.3 is 0 Å². The zero-order valence-electron chi connectivity index (χ0n) is 14.7. The highest BCUT2D eigenvalue weighted by molar-refractivity contribution is 9.10. The van der Waals surface area contributed by atoms with Crippen LogP contribution in [0.25, 0.3) is 0 Å². The standard InChI is InChI=1S/C20H16BrN3O3/c1-11-3-7-15(8-4-11)24-18-16(17(22-24)12(2)25)19(26)23(20(18)27)14-9-5-13(21)6-10-14/h3-10,16,18H,1-2H3/t16-,18+/m1/s1. The third-order valence-electron chi connectivity index (χ3n) is 4.79. The van der Waals surface area contributed by atoms with Crippen molar-refractivity contribution in [1.29, 1.82) is 0 Å². The Morgan fingerprint density at radius 1 is 0.963 bits per heavy atom. The highest BCUT2D eigenvalue weighted by Crippen LogP contribution is 2.38. The molecule has 1 saturated heterocycles. The van der Waals surface area contributed by atoms with Crippen LogP contribution in [0.5, 0.6) is 0 Å². The zero-order chi connectivity index (χ0) is 19.3. The average Bonchev–Trinajstić information content (AvgIpc) is 3.15. The third-order valence-corrected chi connectivity index (χ3v) is 5.32. The van der Waals surface area contributed by atoms with E-state index in [-0.39, 0.29) is 17.4 Å². The maximum atomic E-state index is 13.2. The number of aryl methyl sites for hydroxylation is 1. The van der Waals surface area contributed by atoms with Gasteiger partial charge in [-0.1, -0.05) is 33.6 Å². The van der Waals surface area contributed by atoms with Gasteiger partial charge in [0.1, 0.15) is 17.7 Å². The van der Waals surface area contributed by atoms with E-state index in [2.05, 4.69) is 21.0 Å². The van der Waals surface area contributed by atoms with Crippen molar-refractivity contribution in [2.24, 2.45) is 11.0 Å². The Morgan fingerprint density at radius 3 is 2.15 bits per heavy atom. The van der Waals surface area contributed by atoms with Gasteiger partial charge in [-0.15, -0.1) is 0 Å². The van der Waals surface area contributed by atoms with Crippen molar-refractivity contribution < 1.29 is 14.4 Å². The van der Waals surface area contributed by atoms with Crippen LogP contribution < -0.4 is 9.91 Å². The molecule has 2 aliphatic rings. The molecule has 27 heavy (non-hydrogen) atoms. The molecule has 0 aliphatic carbocycles. The largest absolute Gasteiger partial charge is 0.293 e. The van der Waals surface area contributed by atoms with Crippen LogP contribution in [-0.4, -0.2) is 29.4 Å². The molecule has 0 unspecified atom stereocenters. The highest BCUT2D eigenvalue weighted by Gasteiger charge is 2.58. The average molecular weight is 426 g/mol. The van der Waals surface area contributed by atoms with E-state index in [0.717, 1.165) is 14.9 Å². The lowest BCUT2D eigenvalue weighted by Crippen LogP contribution is -2.39. The Hall–Kier alpha value is -2.80. The predicted molar refractivity (Wildman–Crippen MR) is 106 cm³/mol. The fourth-order valence-corrected chi connectivity index (χ4v) is 3.72. The number of hydrogen-bond acceptors (Lipinski definition) is 5. The Labute approximate surface area is 164 Å². The van der Waals surface area contributed by atoms with E-state index in [4.69, 9.17) is 0 Å². The van der Waals surface area contributed by atoms with Gasteiger partial charge in [0.15, 0.2) is 5.78 Å². The van der Waals surface area contributed by atoms with E-state index in [9.17, 15) is 14.4 Å². The van der Waals surface area contributed by atoms with Gasteiger partial charge in [-0.2, -0.15) is 5.10 Å². The summed E-state index contributed by atoms with van der Waals surface area (Å²) in [7, 11) is 0. The lowest BCUT2D eigenvalue weighted by molar-refractivity contribution is -0.122. The van der Waals surface area contributed by atoms with E-state index >= 15 is 0 Å². The maximum absolute atomic E-state index is 13.2. The topological polar surface area (TPSA) is 70.1 Å². The number of nitrogens with zero attached hydrogens (tertiary/aromatic N) is 3. The second-order valence-corrected chi connectivity index (χ2v) is 7.55. The molecular weight excluding hydrogens is 410 g/mol. The van der Waals surface area contributed by atoms with E-state index in [1.807, 2.05) is 31.2 Å². The van der Waals surface area contributed by atoms with Crippen LogP contribution in [0, 0.1) is 12.8 Å². The second-order valence-electron chi connectivity index (χ2n) is 6.63. The number of carbonyl (C=O) groups excluding carboxylic acids is 3. The van der Waals surface area contributed by atoms with Crippen molar-refractivity contribution in [3.8, 4) is 0 Å². The predicted octanol–water partition coefficient (Wildman–Crippen LogP) is 3.08. The van der Waals surface area contributed by atoms with Crippen molar-refractivity contribution in [1.82, 2.24) is 0 Å². The number of rotatable bonds is 3. The van der Waals surface area contributed by atoms with Crippen molar-refractivity contribution in [2.75, 3.05) is 9.91 Å². The van der Waals surface area contributed by atoms with Gasteiger partial charge in [0.25, 0.3) is 5.91 Å². The molecule has 0 aromatic heterocycles. The van der Waals surface area contributed by atoms with Crippen molar-refractivity contribution in [3.05, 3.63) is 58.6 Å². The van der Waals surface area contributed by atoms with Gasteiger partial charge in [0, 0.05) is 11.4 Å². The Kier molecular flexibility index (Phi) is 4.19. The fourth-order valence-electron chi connectivity index (χ4n) is 3.46. The molecular formula is C20H16BrN3O3. The van der Waals surface area contributed by atoms with Crippen LogP contribution in [0.3, 0.4) is 0 Å². The number of halogens is 1. The summed E-state index contributed by atoms with van der Waals surface area (Å²) in [5.41, 5.74) is 2.34. The molecule has 2 heterocycles. The summed E-state index contributed by atoms with van der Waals surface area (Å²) >= 11 is 3.35. The summed E-state index contributed by atoms with van der Waals surface area (Å²) in [5.74, 6) is -2.00. The summed E-state index contributed by atoms with van der Waals surface area (Å²) in [6.45, 7) is 3.33. The molecule has 0 bridgehead atoms. The number of imide groups is 1. The summed E-state index contributed by atoms with van der Waals surface area (Å²) < 4.78 is 0.845. The number of anilines is 2. The van der Waals surface area contributed by atoms with Crippen LogP contribution in [0.1, 0.15) is 12.5 Å². The SMILES string of the molecule is CC(=O)C1=NN(c2ccc(C)cc2)[C@@H]2C(=O)N(c3ccc(Br)cc3)C(=O)[C@H]12. The molecule has 2 atom stereocenters. The smallest absolute Gasteiger partial charge is 0.259 e. The molecule has 7 heteroatoms. The molecule has 2 aromatic carbocycles. The van der Waals surface area contributed by atoms with Crippen LogP contribution in [0.15, 0.2) is 58.1 Å². The van der Waals surface area contributed by atoms with Gasteiger partial charge < -0.3 is 0 Å². The zero-order valence-corrected chi connectivity index (χ0v) is 16.3. The molecule has 1 fully saturated rings. The first-order chi connectivity index (χ1) is 12.9. The third kappa shape index (κ3) is 2.78. The van der Waals surface area contributed by atoms with Gasteiger partial charge in [-0.05, 0) is 43.3 Å². The summed E-state index contributed by atoms with van der Waals surface area (Å²) in [5, 5.41) is 5.84. The number of carbonyl (C=O) groups is 3. The minimum atomic E-state index is -0.889. The first-order valence-corrected chi connectivity index (χ1v) is 9.26. The van der Waals surface area contributed by atoms with Crippen molar-refractivity contribution in [3.63, 3.8) is 0 Å². The minimum Gasteiger partial charge on any atom is -0.293 e. The molecule has 6 nitrogen and oxygen atoms in total. The molecule has 2 amide bonds. The highest BCUT2D eigenvalue weighted by atomic mass is 79.9. The van der Waals surface area contributed by atoms with Crippen LogP contribution >= 0.6 is 15.9 Å². The molecule has 0 saturated carbocycles. The molecule has 136 valence electrons. The molecule has 2 aliphatic heterocycles. The quantitative estimate of drug-likeness (QED) is 0.708. The first-order valence-electron chi connectivity index (χ1n) is 8.47. The van der Waals surface area contributed by atoms with E-state index in [0.29, 0.717) is 11.4 Å². The number of Topliss-reactive ketones (excluding diaryl/α,β-unsaturated/α-hetero) is 1. The van der Waals surface area contributed by atoms with E-state index in [1.165, 1.54) is 11.9 Å². The van der Waals surface area contributed by atoms with Crippen LogP contribution in [-0.2, 0) is 14.4 Å². The van der Waals surface area contributed by atoms with Crippen LogP contribution in [0.4, 0.5) is 11.4 Å². The number of fused-ring (bicyclic) bond motifs is 1. The normalized spacial score (nSPS) is 21.5. The van der Waals surface area contributed by atoms with Gasteiger partial charge in [0.05, 0.1) is 11.4 Å². The van der Waals surface area contributed by atoms with Crippen molar-refractivity contribution >= 4 is 50.6 Å². The van der Waals surface area contributed by atoms with Crippen molar-refractivity contribution in [2.45, 2.75) is 19.9 Å². The van der Waals surface area contributed by atoms with E-state index in [1.54, 1.807) is 24.3 Å². The lowest BCUT2D eigenvalue weighted by Gasteiger charge is -2.22. The van der Waals surface area contributed by atoms with Gasteiger partial charge in [0.2, 0.25) is 5.91 Å². The second kappa shape index (κ2) is 6.42. The Bertz CT molecular complexity index is 983. The van der Waals surface area contributed by atoms with Gasteiger partial charge in [-0.3, -0.25) is 19.4 Å². The molecule has 2 aromatic rings.